The number of hydrogen-bond acceptors (Lipinski definition) is 3. The second-order valence-corrected chi connectivity index (χ2v) is 11.2. The van der Waals surface area contributed by atoms with Gasteiger partial charge < -0.3 is 9.67 Å². The molecular weight excluding hydrogens is 406 g/mol. The van der Waals surface area contributed by atoms with Crippen LogP contribution in [0.1, 0.15) is 121 Å². The van der Waals surface area contributed by atoms with Crippen LogP contribution in [-0.2, 0) is 6.54 Å². The molecule has 182 valence electrons. The van der Waals surface area contributed by atoms with E-state index in [0.717, 1.165) is 31.3 Å². The SMILES string of the molecule is CCN(C(O)CCn1c2ccc(C3CC3)cc2nc1[C@H]1CC[C@H](CC)CC1)C1CCCCC1. The van der Waals surface area contributed by atoms with Crippen LogP contribution in [0, 0.1) is 5.92 Å². The average Bonchev–Trinajstić information content (AvgIpc) is 3.65. The summed E-state index contributed by atoms with van der Waals surface area (Å²) in [4.78, 5) is 7.63. The van der Waals surface area contributed by atoms with Crippen LogP contribution < -0.4 is 0 Å². The van der Waals surface area contributed by atoms with Crippen LogP contribution in [0.4, 0.5) is 0 Å². The largest absolute Gasteiger partial charge is 0.378 e. The Hall–Kier alpha value is -1.39. The van der Waals surface area contributed by atoms with E-state index in [4.69, 9.17) is 4.98 Å². The maximum atomic E-state index is 11.2. The lowest BCUT2D eigenvalue weighted by Gasteiger charge is -2.37. The van der Waals surface area contributed by atoms with E-state index < -0.39 is 0 Å². The molecule has 4 nitrogen and oxygen atoms in total. The van der Waals surface area contributed by atoms with Crippen molar-refractivity contribution >= 4 is 11.0 Å². The van der Waals surface area contributed by atoms with E-state index in [9.17, 15) is 5.11 Å². The highest BCUT2D eigenvalue weighted by Gasteiger charge is 2.29. The second-order valence-electron chi connectivity index (χ2n) is 11.2. The first kappa shape index (κ1) is 23.4. The zero-order valence-electron chi connectivity index (χ0n) is 21.0. The van der Waals surface area contributed by atoms with Crippen molar-refractivity contribution in [2.45, 2.75) is 128 Å². The van der Waals surface area contributed by atoms with Crippen LogP contribution in [-0.4, -0.2) is 38.4 Å². The van der Waals surface area contributed by atoms with Crippen molar-refractivity contribution < 1.29 is 5.11 Å². The molecule has 1 aromatic carbocycles. The van der Waals surface area contributed by atoms with Gasteiger partial charge in [-0.15, -0.1) is 0 Å². The Balaban J connectivity index is 1.36. The summed E-state index contributed by atoms with van der Waals surface area (Å²) in [5, 5.41) is 11.2. The summed E-state index contributed by atoms with van der Waals surface area (Å²) < 4.78 is 2.49. The molecule has 3 aliphatic rings. The molecule has 5 rings (SSSR count). The van der Waals surface area contributed by atoms with Crippen LogP contribution in [0.25, 0.3) is 11.0 Å². The number of benzene rings is 1. The molecule has 0 amide bonds. The highest BCUT2D eigenvalue weighted by atomic mass is 16.3. The third-order valence-corrected chi connectivity index (χ3v) is 9.04. The molecule has 0 bridgehead atoms. The Labute approximate surface area is 200 Å². The Morgan fingerprint density at radius 1 is 0.970 bits per heavy atom. The van der Waals surface area contributed by atoms with Gasteiger partial charge in [0.2, 0.25) is 0 Å². The molecule has 1 aromatic heterocycles. The fourth-order valence-electron chi connectivity index (χ4n) is 6.75. The summed E-state index contributed by atoms with van der Waals surface area (Å²) in [5.74, 6) is 3.53. The van der Waals surface area contributed by atoms with Crippen molar-refractivity contribution in [3.63, 3.8) is 0 Å². The Morgan fingerprint density at radius 3 is 2.36 bits per heavy atom. The van der Waals surface area contributed by atoms with E-state index in [2.05, 4.69) is 41.5 Å². The smallest absolute Gasteiger partial charge is 0.112 e. The van der Waals surface area contributed by atoms with E-state index in [1.54, 1.807) is 0 Å². The lowest BCUT2D eigenvalue weighted by molar-refractivity contribution is -0.0381. The molecule has 1 atom stereocenters. The standard InChI is InChI=1S/C29H45N3O/c1-3-21-10-12-23(13-11-21)29-30-26-20-24(22-14-15-22)16-17-27(26)32(29)19-18-28(33)31(4-2)25-8-6-5-7-9-25/h16-17,20-23,25,28,33H,3-15,18-19H2,1-2H3/t21-,23-,28?. The molecule has 1 unspecified atom stereocenters. The number of rotatable bonds is 9. The third kappa shape index (κ3) is 5.17. The minimum Gasteiger partial charge on any atom is -0.378 e. The van der Waals surface area contributed by atoms with Gasteiger partial charge in [0, 0.05) is 24.9 Å². The van der Waals surface area contributed by atoms with E-state index in [-0.39, 0.29) is 6.23 Å². The van der Waals surface area contributed by atoms with Gasteiger partial charge in [-0.25, -0.2) is 4.98 Å². The Morgan fingerprint density at radius 2 is 1.70 bits per heavy atom. The van der Waals surface area contributed by atoms with E-state index >= 15 is 0 Å². The summed E-state index contributed by atoms with van der Waals surface area (Å²) in [6.45, 7) is 6.36. The molecule has 1 N–H and O–H groups in total. The molecule has 0 spiro atoms. The zero-order valence-corrected chi connectivity index (χ0v) is 21.0. The molecule has 4 heteroatoms. The van der Waals surface area contributed by atoms with Crippen LogP contribution in [0.2, 0.25) is 0 Å². The molecule has 2 aromatic rings. The van der Waals surface area contributed by atoms with Gasteiger partial charge in [-0.3, -0.25) is 4.90 Å². The molecule has 0 radical (unpaired) electrons. The van der Waals surface area contributed by atoms with Gasteiger partial charge in [-0.1, -0.05) is 45.6 Å². The summed E-state index contributed by atoms with van der Waals surface area (Å²) in [5.41, 5.74) is 3.93. The van der Waals surface area contributed by atoms with E-state index in [0.29, 0.717) is 12.0 Å². The number of nitrogens with zero attached hydrogens (tertiary/aromatic N) is 3. The number of imidazole rings is 1. The number of hydrogen-bond donors (Lipinski definition) is 1. The quantitative estimate of drug-likeness (QED) is 0.419. The van der Waals surface area contributed by atoms with Crippen LogP contribution in [0.3, 0.4) is 0 Å². The van der Waals surface area contributed by atoms with Gasteiger partial charge in [-0.05, 0) is 87.4 Å². The molecular formula is C29H45N3O. The lowest BCUT2D eigenvalue weighted by atomic mass is 9.80. The van der Waals surface area contributed by atoms with Crippen molar-refractivity contribution in [2.24, 2.45) is 5.92 Å². The van der Waals surface area contributed by atoms with Gasteiger partial charge in [0.25, 0.3) is 0 Å². The van der Waals surface area contributed by atoms with Crippen molar-refractivity contribution in [3.8, 4) is 0 Å². The molecule has 0 saturated heterocycles. The maximum absolute atomic E-state index is 11.2. The third-order valence-electron chi connectivity index (χ3n) is 9.04. The van der Waals surface area contributed by atoms with E-state index in [1.165, 1.54) is 99.5 Å². The lowest BCUT2D eigenvalue weighted by Crippen LogP contribution is -2.44. The summed E-state index contributed by atoms with van der Waals surface area (Å²) >= 11 is 0. The number of aliphatic hydroxyl groups excluding tert-OH is 1. The predicted molar refractivity (Wildman–Crippen MR) is 137 cm³/mol. The van der Waals surface area contributed by atoms with Gasteiger partial charge in [-0.2, -0.15) is 0 Å². The number of aryl methyl sites for hydroxylation is 1. The number of aromatic nitrogens is 2. The Kier molecular flexibility index (Phi) is 7.42. The highest BCUT2D eigenvalue weighted by Crippen LogP contribution is 2.42. The number of aliphatic hydroxyl groups is 1. The molecule has 0 aliphatic heterocycles. The number of fused-ring (bicyclic) bond motifs is 1. The van der Waals surface area contributed by atoms with Crippen molar-refractivity contribution in [1.82, 2.24) is 14.5 Å². The normalized spacial score (nSPS) is 25.7. The highest BCUT2D eigenvalue weighted by molar-refractivity contribution is 5.77. The summed E-state index contributed by atoms with van der Waals surface area (Å²) in [6, 6.07) is 7.58. The fraction of sp³-hybridized carbons (Fsp3) is 0.759. The van der Waals surface area contributed by atoms with E-state index in [1.807, 2.05) is 0 Å². The molecule has 3 fully saturated rings. The van der Waals surface area contributed by atoms with Gasteiger partial charge in [0.15, 0.2) is 0 Å². The van der Waals surface area contributed by atoms with Gasteiger partial charge in [0.1, 0.15) is 12.1 Å². The Bertz CT molecular complexity index is 903. The molecule has 3 saturated carbocycles. The van der Waals surface area contributed by atoms with Crippen LogP contribution >= 0.6 is 0 Å². The van der Waals surface area contributed by atoms with Crippen LogP contribution in [0.15, 0.2) is 18.2 Å². The van der Waals surface area contributed by atoms with Gasteiger partial charge >= 0.3 is 0 Å². The molecule has 3 aliphatic carbocycles. The minimum atomic E-state index is -0.357. The summed E-state index contributed by atoms with van der Waals surface area (Å²) in [6.07, 6.45) is 16.1. The first-order valence-corrected chi connectivity index (χ1v) is 14.1. The van der Waals surface area contributed by atoms with Crippen LogP contribution in [0.5, 0.6) is 0 Å². The fourth-order valence-corrected chi connectivity index (χ4v) is 6.75. The van der Waals surface area contributed by atoms with Gasteiger partial charge in [0.05, 0.1) is 11.0 Å². The monoisotopic (exact) mass is 451 g/mol. The summed E-state index contributed by atoms with van der Waals surface area (Å²) in [7, 11) is 0. The maximum Gasteiger partial charge on any atom is 0.112 e. The zero-order chi connectivity index (χ0) is 22.8. The second kappa shape index (κ2) is 10.5. The average molecular weight is 452 g/mol. The molecule has 1 heterocycles. The first-order chi connectivity index (χ1) is 16.2. The van der Waals surface area contributed by atoms with Crippen molar-refractivity contribution in [1.29, 1.82) is 0 Å². The van der Waals surface area contributed by atoms with Crippen molar-refractivity contribution in [3.05, 3.63) is 29.6 Å². The first-order valence-electron chi connectivity index (χ1n) is 14.1. The minimum absolute atomic E-state index is 0.357. The predicted octanol–water partition coefficient (Wildman–Crippen LogP) is 6.96. The molecule has 33 heavy (non-hydrogen) atoms. The topological polar surface area (TPSA) is 41.3 Å². The van der Waals surface area contributed by atoms with Crippen molar-refractivity contribution in [2.75, 3.05) is 6.54 Å².